The van der Waals surface area contributed by atoms with Crippen molar-refractivity contribution in [3.8, 4) is 5.69 Å². The molecule has 0 fully saturated rings. The van der Waals surface area contributed by atoms with Gasteiger partial charge in [-0.15, -0.1) is 5.10 Å². The van der Waals surface area contributed by atoms with E-state index < -0.39 is 5.95 Å². The topological polar surface area (TPSA) is 56.5 Å². The van der Waals surface area contributed by atoms with Gasteiger partial charge < -0.3 is 0 Å². The SMILES string of the molecule is Fc1ccc(-n2cnnn2)cn1. The van der Waals surface area contributed by atoms with Gasteiger partial charge >= 0.3 is 0 Å². The van der Waals surface area contributed by atoms with Crippen LogP contribution in [0.15, 0.2) is 24.7 Å². The third-order valence-electron chi connectivity index (χ3n) is 1.33. The van der Waals surface area contributed by atoms with Gasteiger partial charge in [0.2, 0.25) is 5.95 Å². The fourth-order valence-electron chi connectivity index (χ4n) is 0.783. The molecular formula is C6H4FN5. The van der Waals surface area contributed by atoms with E-state index in [-0.39, 0.29) is 0 Å². The summed E-state index contributed by atoms with van der Waals surface area (Å²) in [4.78, 5) is 3.45. The Kier molecular flexibility index (Phi) is 1.51. The van der Waals surface area contributed by atoms with Crippen LogP contribution in [0.2, 0.25) is 0 Å². The maximum absolute atomic E-state index is 12.4. The Bertz CT molecular complexity index is 354. The highest BCUT2D eigenvalue weighted by Crippen LogP contribution is 2.02. The van der Waals surface area contributed by atoms with Gasteiger partial charge in [-0.3, -0.25) is 0 Å². The van der Waals surface area contributed by atoms with Crippen molar-refractivity contribution in [2.75, 3.05) is 0 Å². The number of halogens is 1. The largest absolute Gasteiger partial charge is 0.226 e. The molecule has 2 rings (SSSR count). The third kappa shape index (κ3) is 1.14. The first kappa shape index (κ1) is 6.84. The van der Waals surface area contributed by atoms with E-state index in [2.05, 4.69) is 20.5 Å². The molecule has 0 aliphatic heterocycles. The second-order valence-corrected chi connectivity index (χ2v) is 2.09. The van der Waals surface area contributed by atoms with Gasteiger partial charge in [0.1, 0.15) is 6.33 Å². The summed E-state index contributed by atoms with van der Waals surface area (Å²) in [7, 11) is 0. The molecular weight excluding hydrogens is 161 g/mol. The lowest BCUT2D eigenvalue weighted by Crippen LogP contribution is -1.96. The van der Waals surface area contributed by atoms with Gasteiger partial charge in [-0.05, 0) is 22.6 Å². The second kappa shape index (κ2) is 2.65. The molecule has 0 aromatic carbocycles. The molecule has 0 atom stereocenters. The van der Waals surface area contributed by atoms with Crippen molar-refractivity contribution in [3.63, 3.8) is 0 Å². The van der Waals surface area contributed by atoms with Crippen LogP contribution in [-0.4, -0.2) is 25.2 Å². The van der Waals surface area contributed by atoms with Crippen LogP contribution in [0.5, 0.6) is 0 Å². The maximum atomic E-state index is 12.4. The Hall–Kier alpha value is -1.85. The molecule has 5 nitrogen and oxygen atoms in total. The molecule has 60 valence electrons. The van der Waals surface area contributed by atoms with Crippen molar-refractivity contribution in [1.82, 2.24) is 25.2 Å². The van der Waals surface area contributed by atoms with E-state index in [1.165, 1.54) is 23.3 Å². The van der Waals surface area contributed by atoms with Crippen molar-refractivity contribution in [2.24, 2.45) is 0 Å². The summed E-state index contributed by atoms with van der Waals surface area (Å²) in [5, 5.41) is 10.5. The Morgan fingerprint density at radius 3 is 2.83 bits per heavy atom. The highest BCUT2D eigenvalue weighted by molar-refractivity contribution is 5.24. The molecule has 12 heavy (non-hydrogen) atoms. The zero-order valence-corrected chi connectivity index (χ0v) is 5.92. The fourth-order valence-corrected chi connectivity index (χ4v) is 0.783. The molecule has 0 saturated heterocycles. The van der Waals surface area contributed by atoms with E-state index in [0.717, 1.165) is 0 Å². The molecule has 0 radical (unpaired) electrons. The second-order valence-electron chi connectivity index (χ2n) is 2.09. The first-order chi connectivity index (χ1) is 5.86. The van der Waals surface area contributed by atoms with Gasteiger partial charge in [-0.2, -0.15) is 9.07 Å². The normalized spacial score (nSPS) is 10.1. The molecule has 2 heterocycles. The lowest BCUT2D eigenvalue weighted by Gasteiger charge is -1.95. The molecule has 6 heteroatoms. The predicted molar refractivity (Wildman–Crippen MR) is 36.9 cm³/mol. The number of tetrazole rings is 1. The number of hydrogen-bond acceptors (Lipinski definition) is 4. The minimum absolute atomic E-state index is 0.521. The summed E-state index contributed by atoms with van der Waals surface area (Å²) in [6.45, 7) is 0. The Labute approximate surface area is 66.9 Å². The van der Waals surface area contributed by atoms with Gasteiger partial charge in [0, 0.05) is 0 Å². The molecule has 2 aromatic rings. The van der Waals surface area contributed by atoms with Gasteiger partial charge in [0.25, 0.3) is 0 Å². The standard InChI is InChI=1S/C6H4FN5/c7-6-2-1-5(3-8-6)12-4-9-10-11-12/h1-4H. The van der Waals surface area contributed by atoms with Gasteiger partial charge in [0.15, 0.2) is 0 Å². The van der Waals surface area contributed by atoms with Crippen molar-refractivity contribution in [2.45, 2.75) is 0 Å². The van der Waals surface area contributed by atoms with E-state index in [1.807, 2.05) is 0 Å². The minimum Gasteiger partial charge on any atom is -0.226 e. The summed E-state index contributed by atoms with van der Waals surface area (Å²) in [5.41, 5.74) is 0.626. The Balaban J connectivity index is 2.43. The number of aromatic nitrogens is 5. The molecule has 0 bridgehead atoms. The van der Waals surface area contributed by atoms with Crippen molar-refractivity contribution < 1.29 is 4.39 Å². The van der Waals surface area contributed by atoms with Gasteiger partial charge in [-0.25, -0.2) is 4.98 Å². The first-order valence-electron chi connectivity index (χ1n) is 3.21. The van der Waals surface area contributed by atoms with Crippen molar-refractivity contribution in [1.29, 1.82) is 0 Å². The average Bonchev–Trinajstić information content (AvgIpc) is 2.58. The van der Waals surface area contributed by atoms with Crippen LogP contribution in [0, 0.1) is 5.95 Å². The van der Waals surface area contributed by atoms with E-state index in [4.69, 9.17) is 0 Å². The van der Waals surface area contributed by atoms with Crippen LogP contribution in [0.3, 0.4) is 0 Å². The zero-order valence-electron chi connectivity index (χ0n) is 5.92. The number of nitrogens with zero attached hydrogens (tertiary/aromatic N) is 5. The quantitative estimate of drug-likeness (QED) is 0.566. The Morgan fingerprint density at radius 1 is 1.33 bits per heavy atom. The van der Waals surface area contributed by atoms with Gasteiger partial charge in [0.05, 0.1) is 11.9 Å². The average molecular weight is 165 g/mol. The molecule has 0 saturated carbocycles. The van der Waals surface area contributed by atoms with Crippen LogP contribution >= 0.6 is 0 Å². The van der Waals surface area contributed by atoms with E-state index in [1.54, 1.807) is 6.07 Å². The van der Waals surface area contributed by atoms with Crippen molar-refractivity contribution in [3.05, 3.63) is 30.6 Å². The van der Waals surface area contributed by atoms with Gasteiger partial charge in [-0.1, -0.05) is 0 Å². The molecule has 2 aromatic heterocycles. The molecule has 0 aliphatic carbocycles. The lowest BCUT2D eigenvalue weighted by molar-refractivity contribution is 0.582. The van der Waals surface area contributed by atoms with Crippen LogP contribution in [0.25, 0.3) is 5.69 Å². The van der Waals surface area contributed by atoms with Crippen molar-refractivity contribution >= 4 is 0 Å². The Morgan fingerprint density at radius 2 is 2.25 bits per heavy atom. The summed E-state index contributed by atoms with van der Waals surface area (Å²) >= 11 is 0. The summed E-state index contributed by atoms with van der Waals surface area (Å²) in [6, 6.07) is 2.79. The van der Waals surface area contributed by atoms with E-state index >= 15 is 0 Å². The van der Waals surface area contributed by atoms with E-state index in [9.17, 15) is 4.39 Å². The lowest BCUT2D eigenvalue weighted by atomic mass is 10.4. The molecule has 0 N–H and O–H groups in total. The first-order valence-corrected chi connectivity index (χ1v) is 3.21. The summed E-state index contributed by atoms with van der Waals surface area (Å²) in [5.74, 6) is -0.521. The summed E-state index contributed by atoms with van der Waals surface area (Å²) < 4.78 is 13.8. The molecule has 0 unspecified atom stereocenters. The maximum Gasteiger partial charge on any atom is 0.212 e. The zero-order chi connectivity index (χ0) is 8.39. The predicted octanol–water partition coefficient (Wildman–Crippen LogP) is 0.196. The highest BCUT2D eigenvalue weighted by Gasteiger charge is 1.97. The minimum atomic E-state index is -0.521. The monoisotopic (exact) mass is 165 g/mol. The van der Waals surface area contributed by atoms with E-state index in [0.29, 0.717) is 5.69 Å². The summed E-state index contributed by atoms with van der Waals surface area (Å²) in [6.07, 6.45) is 2.76. The van der Waals surface area contributed by atoms with Crippen LogP contribution in [-0.2, 0) is 0 Å². The van der Waals surface area contributed by atoms with Crippen LogP contribution in [0.4, 0.5) is 4.39 Å². The number of rotatable bonds is 1. The smallest absolute Gasteiger partial charge is 0.212 e. The van der Waals surface area contributed by atoms with Crippen LogP contribution in [0.1, 0.15) is 0 Å². The highest BCUT2D eigenvalue weighted by atomic mass is 19.1. The molecule has 0 amide bonds. The third-order valence-corrected chi connectivity index (χ3v) is 1.33. The fraction of sp³-hybridized carbons (Fsp3) is 0. The number of pyridine rings is 1. The molecule has 0 spiro atoms. The van der Waals surface area contributed by atoms with Crippen LogP contribution < -0.4 is 0 Å². The number of hydrogen-bond donors (Lipinski definition) is 0. The molecule has 0 aliphatic rings.